The first-order chi connectivity index (χ1) is 17.5. The summed E-state index contributed by atoms with van der Waals surface area (Å²) >= 11 is 0. The van der Waals surface area contributed by atoms with E-state index in [-0.39, 0.29) is 18.0 Å². The summed E-state index contributed by atoms with van der Waals surface area (Å²) in [5, 5.41) is 3.22. The van der Waals surface area contributed by atoms with E-state index in [1.165, 1.54) is 7.11 Å². The number of likely N-dealkylation sites (tertiary alicyclic amines) is 1. The largest absolute Gasteiger partial charge is 0.465 e. The molecule has 0 radical (unpaired) electrons. The zero-order valence-electron chi connectivity index (χ0n) is 20.7. The van der Waals surface area contributed by atoms with Gasteiger partial charge >= 0.3 is 12.0 Å². The van der Waals surface area contributed by atoms with E-state index >= 15 is 0 Å². The number of piperidine rings is 1. The smallest absolute Gasteiger partial charge is 0.338 e. The van der Waals surface area contributed by atoms with Gasteiger partial charge in [0.25, 0.3) is 0 Å². The molecule has 3 heterocycles. The van der Waals surface area contributed by atoms with Gasteiger partial charge in [-0.1, -0.05) is 24.8 Å². The number of carbonyl (C=O) groups excluding carboxylic acids is 2. The maximum Gasteiger partial charge on any atom is 0.338 e. The van der Waals surface area contributed by atoms with E-state index in [9.17, 15) is 9.59 Å². The average molecular weight is 491 g/mol. The Balaban J connectivity index is 1.38. The van der Waals surface area contributed by atoms with Gasteiger partial charge in [-0.25, -0.2) is 9.59 Å². The molecule has 190 valence electrons. The number of nitrogens with two attached hydrogens (primary N) is 1. The Bertz CT molecular complexity index is 1130. The average Bonchev–Trinajstić information content (AvgIpc) is 2.92. The van der Waals surface area contributed by atoms with E-state index in [4.69, 9.17) is 10.6 Å². The summed E-state index contributed by atoms with van der Waals surface area (Å²) in [6.45, 7) is 7.51. The van der Waals surface area contributed by atoms with Gasteiger partial charge in [-0.15, -0.1) is 0 Å². The fourth-order valence-electron chi connectivity index (χ4n) is 4.89. The monoisotopic (exact) mass is 490 g/mol. The maximum absolute atomic E-state index is 13.2. The van der Waals surface area contributed by atoms with Crippen molar-refractivity contribution in [3.63, 3.8) is 0 Å². The van der Waals surface area contributed by atoms with E-state index in [0.717, 1.165) is 53.9 Å². The van der Waals surface area contributed by atoms with Crippen LogP contribution in [-0.4, -0.2) is 66.1 Å². The fraction of sp³-hybridized carbons (Fsp3) is 0.370. The van der Waals surface area contributed by atoms with Crippen molar-refractivity contribution < 1.29 is 14.3 Å². The van der Waals surface area contributed by atoms with Crippen LogP contribution in [0.4, 0.5) is 4.79 Å². The van der Waals surface area contributed by atoms with E-state index in [2.05, 4.69) is 27.2 Å². The van der Waals surface area contributed by atoms with Crippen LogP contribution in [-0.2, 0) is 11.3 Å². The van der Waals surface area contributed by atoms with Crippen LogP contribution in [0.5, 0.6) is 0 Å². The highest BCUT2D eigenvalue weighted by molar-refractivity contribution is 5.91. The van der Waals surface area contributed by atoms with Crippen molar-refractivity contribution in [3.8, 4) is 0 Å². The molecule has 4 rings (SSSR count). The van der Waals surface area contributed by atoms with Crippen LogP contribution in [0.1, 0.15) is 40.7 Å². The van der Waals surface area contributed by atoms with Gasteiger partial charge in [0.1, 0.15) is 0 Å². The number of rotatable bonds is 7. The van der Waals surface area contributed by atoms with Crippen molar-refractivity contribution in [1.29, 1.82) is 0 Å². The number of esters is 1. The number of urea groups is 1. The van der Waals surface area contributed by atoms with Gasteiger partial charge in [0.05, 0.1) is 12.7 Å². The molecule has 1 saturated heterocycles. The Labute approximate surface area is 212 Å². The quantitative estimate of drug-likeness (QED) is 0.311. The SMILES string of the molecule is C=C(C1=C(NN)CCN(C(=O)NC2CCCN(Cc3ccccc3C(=O)OC)C2)C1)c1ccncc1. The normalized spacial score (nSPS) is 18.5. The van der Waals surface area contributed by atoms with Crippen molar-refractivity contribution in [2.75, 3.05) is 33.3 Å². The minimum Gasteiger partial charge on any atom is -0.465 e. The van der Waals surface area contributed by atoms with Crippen LogP contribution in [0.25, 0.3) is 5.57 Å². The lowest BCUT2D eigenvalue weighted by molar-refractivity contribution is 0.0597. The molecule has 0 saturated carbocycles. The summed E-state index contributed by atoms with van der Waals surface area (Å²) < 4.78 is 4.93. The number of methoxy groups -OCH3 is 1. The second kappa shape index (κ2) is 11.8. The van der Waals surface area contributed by atoms with Gasteiger partial charge in [0.2, 0.25) is 0 Å². The number of nitrogens with zero attached hydrogens (tertiary/aromatic N) is 3. The number of carbonyl (C=O) groups is 2. The predicted octanol–water partition coefficient (Wildman–Crippen LogP) is 2.68. The van der Waals surface area contributed by atoms with Crippen molar-refractivity contribution in [2.45, 2.75) is 31.8 Å². The topological polar surface area (TPSA) is 113 Å². The molecular formula is C27H34N6O3. The van der Waals surface area contributed by atoms with Crippen LogP contribution in [0.15, 0.2) is 66.6 Å². The first-order valence-corrected chi connectivity index (χ1v) is 12.2. The van der Waals surface area contributed by atoms with Crippen molar-refractivity contribution in [2.24, 2.45) is 5.84 Å². The summed E-state index contributed by atoms with van der Waals surface area (Å²) in [5.74, 6) is 5.45. The summed E-state index contributed by atoms with van der Waals surface area (Å²) in [6.07, 6.45) is 5.96. The summed E-state index contributed by atoms with van der Waals surface area (Å²) in [7, 11) is 1.39. The molecule has 2 amide bonds. The molecule has 4 N–H and O–H groups in total. The third kappa shape index (κ3) is 5.92. The minimum absolute atomic E-state index is 0.0291. The van der Waals surface area contributed by atoms with Crippen LogP contribution in [0.2, 0.25) is 0 Å². The molecular weight excluding hydrogens is 456 g/mol. The molecule has 0 spiro atoms. The third-order valence-corrected chi connectivity index (χ3v) is 6.85. The van der Waals surface area contributed by atoms with Gasteiger partial charge in [0.15, 0.2) is 0 Å². The van der Waals surface area contributed by atoms with Gasteiger partial charge < -0.3 is 20.4 Å². The molecule has 9 nitrogen and oxygen atoms in total. The number of pyridine rings is 1. The van der Waals surface area contributed by atoms with E-state index in [1.807, 2.05) is 35.2 Å². The Morgan fingerprint density at radius 2 is 1.97 bits per heavy atom. The Morgan fingerprint density at radius 3 is 2.72 bits per heavy atom. The number of hydrazine groups is 1. The second-order valence-corrected chi connectivity index (χ2v) is 9.16. The van der Waals surface area contributed by atoms with Gasteiger partial charge in [-0.3, -0.25) is 15.7 Å². The molecule has 1 aromatic heterocycles. The molecule has 36 heavy (non-hydrogen) atoms. The standard InChI is InChI=1S/C27H34N6O3/c1-19(20-9-12-29-13-10-20)24-18-33(15-11-25(24)31-28)27(35)30-22-7-5-14-32(17-22)16-21-6-3-4-8-23(21)26(34)36-2/h3-4,6,8-10,12-13,22,31H,1,5,7,11,14-18,28H2,2H3,(H,30,35). The first-order valence-electron chi connectivity index (χ1n) is 12.2. The minimum atomic E-state index is -0.332. The lowest BCUT2D eigenvalue weighted by atomic mass is 9.94. The molecule has 1 aromatic carbocycles. The summed E-state index contributed by atoms with van der Waals surface area (Å²) in [6, 6.07) is 11.2. The lowest BCUT2D eigenvalue weighted by Gasteiger charge is -2.36. The van der Waals surface area contributed by atoms with Crippen LogP contribution >= 0.6 is 0 Å². The summed E-state index contributed by atoms with van der Waals surface area (Å²) in [4.78, 5) is 33.5. The Morgan fingerprint density at radius 1 is 1.19 bits per heavy atom. The third-order valence-electron chi connectivity index (χ3n) is 6.85. The number of benzene rings is 1. The molecule has 1 atom stereocenters. The number of hydrogen-bond acceptors (Lipinski definition) is 7. The highest BCUT2D eigenvalue weighted by Crippen LogP contribution is 2.28. The number of amides is 2. The van der Waals surface area contributed by atoms with Gasteiger partial charge in [-0.05, 0) is 59.9 Å². The second-order valence-electron chi connectivity index (χ2n) is 9.16. The number of hydrogen-bond donors (Lipinski definition) is 3. The number of aromatic nitrogens is 1. The molecule has 9 heteroatoms. The van der Waals surface area contributed by atoms with Crippen molar-refractivity contribution in [1.82, 2.24) is 25.5 Å². The van der Waals surface area contributed by atoms with Crippen molar-refractivity contribution in [3.05, 3.63) is 83.3 Å². The first kappa shape index (κ1) is 25.4. The van der Waals surface area contributed by atoms with Crippen molar-refractivity contribution >= 4 is 17.6 Å². The zero-order valence-corrected chi connectivity index (χ0v) is 20.7. The number of nitrogens with one attached hydrogen (secondary N) is 2. The molecule has 0 aliphatic carbocycles. The van der Waals surface area contributed by atoms with E-state index < -0.39 is 0 Å². The molecule has 0 bridgehead atoms. The van der Waals surface area contributed by atoms with Crippen LogP contribution in [0.3, 0.4) is 0 Å². The Hall–Kier alpha value is -3.69. The maximum atomic E-state index is 13.2. The fourth-order valence-corrected chi connectivity index (χ4v) is 4.89. The Kier molecular flexibility index (Phi) is 8.35. The highest BCUT2D eigenvalue weighted by Gasteiger charge is 2.28. The predicted molar refractivity (Wildman–Crippen MR) is 138 cm³/mol. The molecule has 1 unspecified atom stereocenters. The van der Waals surface area contributed by atoms with Gasteiger partial charge in [-0.2, -0.15) is 0 Å². The zero-order chi connectivity index (χ0) is 25.5. The molecule has 2 aromatic rings. The van der Waals surface area contributed by atoms with E-state index in [1.54, 1.807) is 18.5 Å². The molecule has 2 aliphatic rings. The van der Waals surface area contributed by atoms with Crippen LogP contribution < -0.4 is 16.6 Å². The van der Waals surface area contributed by atoms with E-state index in [0.29, 0.717) is 31.6 Å². The molecule has 2 aliphatic heterocycles. The van der Waals surface area contributed by atoms with Gasteiger partial charge in [0, 0.05) is 56.7 Å². The molecule has 1 fully saturated rings. The summed E-state index contributed by atoms with van der Waals surface area (Å²) in [5.41, 5.74) is 7.91. The van der Waals surface area contributed by atoms with Crippen LogP contribution in [0, 0.1) is 0 Å². The lowest BCUT2D eigenvalue weighted by Crippen LogP contribution is -2.53. The highest BCUT2D eigenvalue weighted by atomic mass is 16.5. The number of ether oxygens (including phenoxy) is 1.